The van der Waals surface area contributed by atoms with Gasteiger partial charge in [-0.1, -0.05) is 23.7 Å². The van der Waals surface area contributed by atoms with Crippen molar-refractivity contribution in [3.8, 4) is 22.6 Å². The van der Waals surface area contributed by atoms with Crippen LogP contribution < -0.4 is 9.47 Å². The molecular formula is C24H26ClN3O3. The van der Waals surface area contributed by atoms with Gasteiger partial charge in [-0.15, -0.1) is 0 Å². The molecule has 0 spiro atoms. The van der Waals surface area contributed by atoms with E-state index >= 15 is 0 Å². The first-order chi connectivity index (χ1) is 14.9. The third-order valence-corrected chi connectivity index (χ3v) is 5.71. The number of methoxy groups -OCH3 is 1. The summed E-state index contributed by atoms with van der Waals surface area (Å²) in [5.74, 6) is 1.43. The topological polar surface area (TPSA) is 56.6 Å². The molecule has 6 nitrogen and oxygen atoms in total. The van der Waals surface area contributed by atoms with E-state index in [1.807, 2.05) is 59.8 Å². The largest absolute Gasteiger partial charge is 0.493 e. The summed E-state index contributed by atoms with van der Waals surface area (Å²) < 4.78 is 13.5. The lowest BCUT2D eigenvalue weighted by Crippen LogP contribution is -2.33. The average Bonchev–Trinajstić information content (AvgIpc) is 2.94. The van der Waals surface area contributed by atoms with Crippen LogP contribution in [0.15, 0.2) is 42.5 Å². The molecule has 162 valence electrons. The van der Waals surface area contributed by atoms with Gasteiger partial charge in [-0.2, -0.15) is 5.10 Å². The third kappa shape index (κ3) is 4.69. The minimum Gasteiger partial charge on any atom is -0.493 e. The maximum Gasteiger partial charge on any atom is 0.224 e. The molecule has 2 aromatic carbocycles. The smallest absolute Gasteiger partial charge is 0.224 e. The van der Waals surface area contributed by atoms with Gasteiger partial charge in [-0.05, 0) is 55.3 Å². The summed E-state index contributed by atoms with van der Waals surface area (Å²) in [6.07, 6.45) is 0.391. The summed E-state index contributed by atoms with van der Waals surface area (Å²) in [7, 11) is 1.63. The Labute approximate surface area is 187 Å². The number of hydrogen-bond donors (Lipinski definition) is 0. The minimum atomic E-state index is 0.0797. The molecule has 0 atom stereocenters. The quantitative estimate of drug-likeness (QED) is 0.581. The van der Waals surface area contributed by atoms with E-state index < -0.39 is 0 Å². The Morgan fingerprint density at radius 1 is 1.19 bits per heavy atom. The molecule has 1 aliphatic heterocycles. The minimum absolute atomic E-state index is 0.0797. The number of hydrogen-bond acceptors (Lipinski definition) is 4. The van der Waals surface area contributed by atoms with Gasteiger partial charge in [-0.3, -0.25) is 9.48 Å². The van der Waals surface area contributed by atoms with Crippen LogP contribution in [0.25, 0.3) is 11.1 Å². The lowest BCUT2D eigenvalue weighted by atomic mass is 10.0. The predicted molar refractivity (Wildman–Crippen MR) is 121 cm³/mol. The second-order valence-corrected chi connectivity index (χ2v) is 8.18. The summed E-state index contributed by atoms with van der Waals surface area (Å²) in [4.78, 5) is 14.8. The molecule has 1 amide bonds. The highest BCUT2D eigenvalue weighted by Crippen LogP contribution is 2.38. The second kappa shape index (κ2) is 9.02. The lowest BCUT2D eigenvalue weighted by Gasteiger charge is -2.20. The Balaban J connectivity index is 1.57. The predicted octanol–water partition coefficient (Wildman–Crippen LogP) is 4.64. The lowest BCUT2D eigenvalue weighted by molar-refractivity contribution is -0.132. The fraction of sp³-hybridized carbons (Fsp3) is 0.333. The van der Waals surface area contributed by atoms with E-state index in [1.165, 1.54) is 0 Å². The first-order valence-electron chi connectivity index (χ1n) is 10.3. The van der Waals surface area contributed by atoms with Gasteiger partial charge in [0.05, 0.1) is 19.3 Å². The Morgan fingerprint density at radius 2 is 2.03 bits per heavy atom. The highest BCUT2D eigenvalue weighted by Gasteiger charge is 2.23. The van der Waals surface area contributed by atoms with Crippen molar-refractivity contribution in [2.24, 2.45) is 0 Å². The fourth-order valence-corrected chi connectivity index (χ4v) is 4.13. The van der Waals surface area contributed by atoms with Crippen molar-refractivity contribution in [3.63, 3.8) is 0 Å². The van der Waals surface area contributed by atoms with E-state index in [0.717, 1.165) is 28.1 Å². The Kier molecular flexibility index (Phi) is 6.18. The maximum absolute atomic E-state index is 13.0. The van der Waals surface area contributed by atoms with E-state index in [2.05, 4.69) is 11.2 Å². The van der Waals surface area contributed by atoms with E-state index in [9.17, 15) is 4.79 Å². The standard InChI is InChI=1S/C24H26ClN3O3/c1-16-11-17(2)28(26-16)8-7-23(29)27-9-10-31-24-20(15-27)12-19(14-22(24)30-3)18-5-4-6-21(25)13-18/h4-6,11-14H,7-10,15H2,1-3H3. The molecule has 0 fully saturated rings. The molecule has 7 heteroatoms. The van der Waals surface area contributed by atoms with Gasteiger partial charge < -0.3 is 14.4 Å². The van der Waals surface area contributed by atoms with Crippen LogP contribution >= 0.6 is 11.6 Å². The highest BCUT2D eigenvalue weighted by atomic mass is 35.5. The maximum atomic E-state index is 13.0. The number of carbonyl (C=O) groups excluding carboxylic acids is 1. The summed E-state index contributed by atoms with van der Waals surface area (Å²) in [5.41, 5.74) is 4.90. The molecule has 0 aliphatic carbocycles. The molecule has 4 rings (SSSR count). The number of benzene rings is 2. The molecule has 31 heavy (non-hydrogen) atoms. The molecule has 0 unspecified atom stereocenters. The van der Waals surface area contributed by atoms with Crippen molar-refractivity contribution in [2.45, 2.75) is 33.4 Å². The normalized spacial score (nSPS) is 13.4. The SMILES string of the molecule is COc1cc(-c2cccc(Cl)c2)cc2c1OCCN(C(=O)CCn1nc(C)cc1C)C2. The average molecular weight is 440 g/mol. The van der Waals surface area contributed by atoms with Crippen molar-refractivity contribution in [1.29, 1.82) is 0 Å². The van der Waals surface area contributed by atoms with Gasteiger partial charge in [-0.25, -0.2) is 0 Å². The van der Waals surface area contributed by atoms with Crippen LogP contribution in [-0.2, 0) is 17.9 Å². The van der Waals surface area contributed by atoms with Gasteiger partial charge in [0.1, 0.15) is 6.61 Å². The van der Waals surface area contributed by atoms with Crippen molar-refractivity contribution in [2.75, 3.05) is 20.3 Å². The van der Waals surface area contributed by atoms with E-state index in [0.29, 0.717) is 49.2 Å². The van der Waals surface area contributed by atoms with Gasteiger partial charge in [0.2, 0.25) is 5.91 Å². The number of nitrogens with zero attached hydrogens (tertiary/aromatic N) is 3. The number of halogens is 1. The summed E-state index contributed by atoms with van der Waals surface area (Å²) in [6.45, 7) is 5.94. The number of rotatable bonds is 5. The van der Waals surface area contributed by atoms with Crippen LogP contribution in [0.3, 0.4) is 0 Å². The molecule has 1 aliphatic rings. The van der Waals surface area contributed by atoms with Crippen molar-refractivity contribution in [1.82, 2.24) is 14.7 Å². The van der Waals surface area contributed by atoms with Crippen LogP contribution in [0, 0.1) is 13.8 Å². The van der Waals surface area contributed by atoms with E-state index in [1.54, 1.807) is 7.11 Å². The Morgan fingerprint density at radius 3 is 2.74 bits per heavy atom. The number of aromatic nitrogens is 2. The van der Waals surface area contributed by atoms with Crippen molar-refractivity contribution in [3.05, 3.63) is 64.4 Å². The molecule has 0 saturated heterocycles. The zero-order chi connectivity index (χ0) is 22.0. The summed E-state index contributed by atoms with van der Waals surface area (Å²) >= 11 is 6.18. The molecule has 0 radical (unpaired) electrons. The van der Waals surface area contributed by atoms with Gasteiger partial charge in [0, 0.05) is 35.8 Å². The van der Waals surface area contributed by atoms with E-state index in [-0.39, 0.29) is 5.91 Å². The van der Waals surface area contributed by atoms with Crippen LogP contribution in [0.1, 0.15) is 23.4 Å². The van der Waals surface area contributed by atoms with Gasteiger partial charge in [0.15, 0.2) is 11.5 Å². The Bertz CT molecular complexity index is 1110. The monoisotopic (exact) mass is 439 g/mol. The van der Waals surface area contributed by atoms with Gasteiger partial charge >= 0.3 is 0 Å². The molecule has 3 aromatic rings. The van der Waals surface area contributed by atoms with Gasteiger partial charge in [0.25, 0.3) is 0 Å². The second-order valence-electron chi connectivity index (χ2n) is 7.74. The molecule has 1 aromatic heterocycles. The first kappa shape index (κ1) is 21.2. The highest BCUT2D eigenvalue weighted by molar-refractivity contribution is 6.30. The first-order valence-corrected chi connectivity index (χ1v) is 10.7. The summed E-state index contributed by atoms with van der Waals surface area (Å²) in [5, 5.41) is 5.12. The number of carbonyl (C=O) groups is 1. The molecule has 0 bridgehead atoms. The van der Waals surface area contributed by atoms with Crippen LogP contribution in [0.5, 0.6) is 11.5 Å². The third-order valence-electron chi connectivity index (χ3n) is 5.47. The zero-order valence-electron chi connectivity index (χ0n) is 18.0. The summed E-state index contributed by atoms with van der Waals surface area (Å²) in [6, 6.07) is 13.7. The van der Waals surface area contributed by atoms with Crippen molar-refractivity contribution < 1.29 is 14.3 Å². The van der Waals surface area contributed by atoms with E-state index in [4.69, 9.17) is 21.1 Å². The molecular weight excluding hydrogens is 414 g/mol. The molecule has 0 saturated carbocycles. The van der Waals surface area contributed by atoms with Crippen LogP contribution in [0.4, 0.5) is 0 Å². The molecule has 2 heterocycles. The van der Waals surface area contributed by atoms with Crippen molar-refractivity contribution >= 4 is 17.5 Å². The zero-order valence-corrected chi connectivity index (χ0v) is 18.8. The number of ether oxygens (including phenoxy) is 2. The number of amides is 1. The van der Waals surface area contributed by atoms with Crippen LogP contribution in [-0.4, -0.2) is 40.8 Å². The Hall–Kier alpha value is -2.99. The molecule has 0 N–H and O–H groups in total. The number of aryl methyl sites for hydroxylation is 3. The van der Waals surface area contributed by atoms with Crippen LogP contribution in [0.2, 0.25) is 5.02 Å². The number of fused-ring (bicyclic) bond motifs is 1. The fourth-order valence-electron chi connectivity index (χ4n) is 3.94.